The Hall–Kier alpha value is -2.59. The van der Waals surface area contributed by atoms with E-state index in [0.29, 0.717) is 48.1 Å². The molecule has 0 fully saturated rings. The lowest BCUT2D eigenvalue weighted by Crippen LogP contribution is -2.37. The summed E-state index contributed by atoms with van der Waals surface area (Å²) in [6, 6.07) is 3.06. The minimum absolute atomic E-state index is 0.0329. The van der Waals surface area contributed by atoms with Crippen molar-refractivity contribution in [2.45, 2.75) is 77.8 Å². The van der Waals surface area contributed by atoms with E-state index in [4.69, 9.17) is 31.5 Å². The number of carbonyl (C=O) groups is 2. The van der Waals surface area contributed by atoms with Crippen LogP contribution in [0.2, 0.25) is 5.02 Å². The van der Waals surface area contributed by atoms with E-state index < -0.39 is 30.5 Å². The molecule has 10 heteroatoms. The number of methoxy groups -OCH3 is 2. The highest BCUT2D eigenvalue weighted by Crippen LogP contribution is 2.36. The summed E-state index contributed by atoms with van der Waals surface area (Å²) in [7, 11) is 3.05. The number of fused-ring (bicyclic) bond motifs is 2. The lowest BCUT2D eigenvalue weighted by Gasteiger charge is -2.30. The number of halogens is 1. The highest BCUT2D eigenvalue weighted by Gasteiger charge is 2.30. The van der Waals surface area contributed by atoms with Crippen molar-refractivity contribution in [3.8, 4) is 5.75 Å². The molecule has 2 bridgehead atoms. The molecule has 6 atom stereocenters. The van der Waals surface area contributed by atoms with E-state index in [1.54, 1.807) is 26.0 Å². The van der Waals surface area contributed by atoms with Gasteiger partial charge in [0.1, 0.15) is 5.75 Å². The molecule has 1 aliphatic heterocycles. The van der Waals surface area contributed by atoms with Crippen LogP contribution in [0.25, 0.3) is 0 Å². The minimum Gasteiger partial charge on any atom is -0.508 e. The van der Waals surface area contributed by atoms with E-state index in [0.717, 1.165) is 0 Å². The maximum atomic E-state index is 12.9. The molecule has 0 aromatic heterocycles. The number of anilines is 1. The standard InChI is InChI=1S/C28H41ClN2O7/c1-15-12-19-21(32)11-10-20(24(19)29)31-27(34)16(2)8-7-9-22(36-5)26(38-28(30)35)18(4)14-17(3)25(33)23(13-15)37-6/h8,10-11,14-15,17,22-23,25-26,32-33H,7,9,12-13H2,1-6H3,(H2,30,35)(H,31,34)/b16-8+,18-14+/t15-,17+,22+,23+,25-,26+/m1/s1. The molecule has 38 heavy (non-hydrogen) atoms. The predicted octanol–water partition coefficient (Wildman–Crippen LogP) is 4.73. The van der Waals surface area contributed by atoms with Gasteiger partial charge in [0.15, 0.2) is 6.10 Å². The first kappa shape index (κ1) is 31.6. The van der Waals surface area contributed by atoms with Gasteiger partial charge in [0.05, 0.1) is 29.0 Å². The molecule has 1 aromatic rings. The normalized spacial score (nSPS) is 30.9. The molecule has 0 unspecified atom stereocenters. The maximum Gasteiger partial charge on any atom is 0.405 e. The number of rotatable bonds is 3. The van der Waals surface area contributed by atoms with Gasteiger partial charge in [-0.15, -0.1) is 0 Å². The molecule has 0 radical (unpaired) electrons. The summed E-state index contributed by atoms with van der Waals surface area (Å²) in [4.78, 5) is 24.5. The van der Waals surface area contributed by atoms with Crippen LogP contribution in [-0.4, -0.2) is 60.8 Å². The third-order valence-electron chi connectivity index (χ3n) is 6.99. The van der Waals surface area contributed by atoms with Gasteiger partial charge in [-0.05, 0) is 63.2 Å². The molecule has 9 nitrogen and oxygen atoms in total. The van der Waals surface area contributed by atoms with Gasteiger partial charge in [0, 0.05) is 31.3 Å². The molecule has 0 saturated heterocycles. The summed E-state index contributed by atoms with van der Waals surface area (Å²) >= 11 is 6.61. The van der Waals surface area contributed by atoms with Crippen LogP contribution in [0.1, 0.15) is 52.5 Å². The summed E-state index contributed by atoms with van der Waals surface area (Å²) in [5.41, 5.74) is 7.40. The van der Waals surface area contributed by atoms with E-state index in [1.807, 2.05) is 19.9 Å². The Balaban J connectivity index is 2.52. The Kier molecular flexibility index (Phi) is 12.1. The molecule has 2 amide bonds. The van der Waals surface area contributed by atoms with Crippen LogP contribution in [-0.2, 0) is 25.4 Å². The number of phenolic OH excluding ortho intramolecular Hbond substituents is 1. The quantitative estimate of drug-likeness (QED) is 0.314. The number of aliphatic hydroxyl groups is 1. The molecule has 0 spiro atoms. The fourth-order valence-corrected chi connectivity index (χ4v) is 5.09. The van der Waals surface area contributed by atoms with E-state index in [2.05, 4.69) is 5.32 Å². The fraction of sp³-hybridized carbons (Fsp3) is 0.571. The largest absolute Gasteiger partial charge is 0.508 e. The van der Waals surface area contributed by atoms with Gasteiger partial charge >= 0.3 is 6.09 Å². The van der Waals surface area contributed by atoms with E-state index >= 15 is 0 Å². The first-order valence-corrected chi connectivity index (χ1v) is 13.1. The van der Waals surface area contributed by atoms with Crippen molar-refractivity contribution >= 4 is 29.3 Å². The highest BCUT2D eigenvalue weighted by atomic mass is 35.5. The van der Waals surface area contributed by atoms with Crippen molar-refractivity contribution in [2.24, 2.45) is 17.6 Å². The summed E-state index contributed by atoms with van der Waals surface area (Å²) in [5.74, 6) is -0.685. The zero-order valence-electron chi connectivity index (χ0n) is 23.0. The molecule has 212 valence electrons. The van der Waals surface area contributed by atoms with Crippen LogP contribution in [0.15, 0.2) is 35.4 Å². The summed E-state index contributed by atoms with van der Waals surface area (Å²) in [6.07, 6.45) is 1.73. The van der Waals surface area contributed by atoms with Crippen LogP contribution in [0.4, 0.5) is 10.5 Å². The van der Waals surface area contributed by atoms with Crippen molar-refractivity contribution in [1.82, 2.24) is 0 Å². The van der Waals surface area contributed by atoms with E-state index in [-0.39, 0.29) is 28.5 Å². The second-order valence-corrected chi connectivity index (χ2v) is 10.4. The first-order valence-electron chi connectivity index (χ1n) is 12.8. The number of carbonyl (C=O) groups excluding carboxylic acids is 2. The number of aromatic hydroxyl groups is 1. The number of benzene rings is 1. The second kappa shape index (κ2) is 14.5. The van der Waals surface area contributed by atoms with Gasteiger partial charge < -0.3 is 35.5 Å². The number of nitrogens with two attached hydrogens (primary N) is 1. The molecule has 1 heterocycles. The number of nitrogens with one attached hydrogen (secondary N) is 1. The van der Waals surface area contributed by atoms with Crippen LogP contribution in [0.3, 0.4) is 0 Å². The topological polar surface area (TPSA) is 140 Å². The molecule has 2 rings (SSSR count). The summed E-state index contributed by atoms with van der Waals surface area (Å²) < 4.78 is 16.7. The van der Waals surface area contributed by atoms with Crippen LogP contribution in [0.5, 0.6) is 5.75 Å². The van der Waals surface area contributed by atoms with Crippen LogP contribution in [0, 0.1) is 11.8 Å². The molecular weight excluding hydrogens is 512 g/mol. The molecule has 1 aliphatic rings. The van der Waals surface area contributed by atoms with Crippen molar-refractivity contribution in [1.29, 1.82) is 0 Å². The number of aliphatic hydroxyl groups excluding tert-OH is 1. The van der Waals surface area contributed by atoms with Gasteiger partial charge in [-0.25, -0.2) is 4.79 Å². The number of primary amides is 1. The average molecular weight is 553 g/mol. The fourth-order valence-electron chi connectivity index (χ4n) is 4.81. The zero-order chi connectivity index (χ0) is 28.6. The molecule has 1 aromatic carbocycles. The van der Waals surface area contributed by atoms with Gasteiger partial charge in [-0.1, -0.05) is 37.6 Å². The third-order valence-corrected chi connectivity index (χ3v) is 7.43. The minimum atomic E-state index is -0.937. The lowest BCUT2D eigenvalue weighted by molar-refractivity contribution is -0.112. The Morgan fingerprint density at radius 1 is 1.16 bits per heavy atom. The van der Waals surface area contributed by atoms with Gasteiger partial charge in [0.2, 0.25) is 0 Å². The Morgan fingerprint density at radius 2 is 1.82 bits per heavy atom. The molecular formula is C28H41ClN2O7. The van der Waals surface area contributed by atoms with E-state index in [1.165, 1.54) is 20.3 Å². The van der Waals surface area contributed by atoms with Crippen molar-refractivity contribution in [3.63, 3.8) is 0 Å². The lowest BCUT2D eigenvalue weighted by atomic mass is 9.88. The maximum absolute atomic E-state index is 12.9. The number of allylic oxidation sites excluding steroid dienone is 1. The summed E-state index contributed by atoms with van der Waals surface area (Å²) in [6.45, 7) is 7.31. The van der Waals surface area contributed by atoms with Gasteiger partial charge in [-0.2, -0.15) is 0 Å². The number of ether oxygens (including phenoxy) is 3. The van der Waals surface area contributed by atoms with Crippen molar-refractivity contribution in [2.75, 3.05) is 19.5 Å². The Morgan fingerprint density at radius 3 is 2.42 bits per heavy atom. The number of phenols is 1. The monoisotopic (exact) mass is 552 g/mol. The predicted molar refractivity (Wildman–Crippen MR) is 147 cm³/mol. The Bertz CT molecular complexity index is 1040. The summed E-state index contributed by atoms with van der Waals surface area (Å²) in [5, 5.41) is 24.7. The first-order chi connectivity index (χ1) is 17.9. The van der Waals surface area contributed by atoms with Crippen molar-refractivity contribution in [3.05, 3.63) is 46.0 Å². The highest BCUT2D eigenvalue weighted by molar-refractivity contribution is 6.35. The zero-order valence-corrected chi connectivity index (χ0v) is 23.7. The molecule has 0 saturated carbocycles. The SMILES string of the molecule is CO[C@H]1C[C@H](C)Cc2c(O)ccc(c2Cl)NC(=O)/C(C)=C/CC[C@H](OC)[C@@H](OC(N)=O)/C(C)=C/[C@H](C)[C@H]1O. The molecule has 5 N–H and O–H groups in total. The third kappa shape index (κ3) is 8.46. The van der Waals surface area contributed by atoms with Gasteiger partial charge in [0.25, 0.3) is 5.91 Å². The second-order valence-electron chi connectivity index (χ2n) is 10.1. The van der Waals surface area contributed by atoms with E-state index in [9.17, 15) is 19.8 Å². The van der Waals surface area contributed by atoms with Gasteiger partial charge in [-0.3, -0.25) is 4.79 Å². The number of hydrogen-bond acceptors (Lipinski definition) is 7. The molecule has 0 aliphatic carbocycles. The van der Waals surface area contributed by atoms with Crippen LogP contribution >= 0.6 is 11.6 Å². The number of amides is 2. The Labute approximate surface area is 230 Å². The average Bonchev–Trinajstić information content (AvgIpc) is 2.86. The number of hydrogen-bond donors (Lipinski definition) is 4. The smallest absolute Gasteiger partial charge is 0.405 e. The van der Waals surface area contributed by atoms with Crippen LogP contribution < -0.4 is 11.1 Å². The van der Waals surface area contributed by atoms with Crippen molar-refractivity contribution < 1.29 is 34.0 Å².